The lowest BCUT2D eigenvalue weighted by molar-refractivity contribution is -0.384. The van der Waals surface area contributed by atoms with E-state index >= 15 is 0 Å². The van der Waals surface area contributed by atoms with Gasteiger partial charge in [0.25, 0.3) is 11.6 Å². The molecule has 1 aliphatic rings. The summed E-state index contributed by atoms with van der Waals surface area (Å²) in [5.74, 6) is -0.0489. The van der Waals surface area contributed by atoms with Crippen LogP contribution < -0.4 is 5.43 Å². The molecule has 1 saturated heterocycles. The van der Waals surface area contributed by atoms with Gasteiger partial charge in [0.15, 0.2) is 0 Å². The van der Waals surface area contributed by atoms with E-state index in [0.717, 1.165) is 4.31 Å². The summed E-state index contributed by atoms with van der Waals surface area (Å²) in [5.41, 5.74) is 2.54. The Bertz CT molecular complexity index is 1410. The molecule has 2 aromatic carbocycles. The molecular formula is C22H18Cl2N4O6S. The van der Waals surface area contributed by atoms with Crippen LogP contribution in [-0.4, -0.2) is 42.4 Å². The molecule has 1 aromatic heterocycles. The molecule has 3 aromatic rings. The van der Waals surface area contributed by atoms with Gasteiger partial charge in [-0.1, -0.05) is 23.2 Å². The average Bonchev–Trinajstić information content (AvgIpc) is 3.50. The maximum atomic E-state index is 13.0. The van der Waals surface area contributed by atoms with Gasteiger partial charge < -0.3 is 4.42 Å². The largest absolute Gasteiger partial charge is 0.455 e. The number of nitrogens with zero attached hydrogens (tertiary/aromatic N) is 3. The quantitative estimate of drug-likeness (QED) is 0.269. The summed E-state index contributed by atoms with van der Waals surface area (Å²) in [6.07, 6.45) is 2.12. The molecule has 10 nitrogen and oxygen atoms in total. The number of non-ortho nitro benzene ring substituents is 1. The van der Waals surface area contributed by atoms with Crippen molar-refractivity contribution in [1.29, 1.82) is 0 Å². The van der Waals surface area contributed by atoms with Gasteiger partial charge in [-0.3, -0.25) is 14.9 Å². The highest BCUT2D eigenvalue weighted by atomic mass is 35.5. The lowest BCUT2D eigenvalue weighted by atomic mass is 10.1. The van der Waals surface area contributed by atoms with Gasteiger partial charge in [0.05, 0.1) is 21.1 Å². The van der Waals surface area contributed by atoms with E-state index in [-0.39, 0.29) is 33.7 Å². The fraction of sp³-hybridized carbons (Fsp3) is 0.182. The Hall–Kier alpha value is -3.25. The Morgan fingerprint density at radius 3 is 2.63 bits per heavy atom. The number of nitrogens with one attached hydrogen (secondary N) is 1. The number of nitro benzene ring substituents is 1. The van der Waals surface area contributed by atoms with Crippen LogP contribution in [0.5, 0.6) is 0 Å². The molecular weight excluding hydrogens is 519 g/mol. The van der Waals surface area contributed by atoms with Gasteiger partial charge in [-0.15, -0.1) is 0 Å². The summed E-state index contributed by atoms with van der Waals surface area (Å²) < 4.78 is 32.7. The number of hydrogen-bond acceptors (Lipinski definition) is 7. The fourth-order valence-corrected chi connectivity index (χ4v) is 5.64. The number of hydrogen-bond donors (Lipinski definition) is 1. The highest BCUT2D eigenvalue weighted by Gasteiger charge is 2.39. The number of rotatable bonds is 7. The van der Waals surface area contributed by atoms with E-state index in [1.165, 1.54) is 48.7 Å². The van der Waals surface area contributed by atoms with Gasteiger partial charge >= 0.3 is 0 Å². The van der Waals surface area contributed by atoms with Crippen LogP contribution in [-0.2, 0) is 14.8 Å². The molecule has 35 heavy (non-hydrogen) atoms. The molecule has 0 spiro atoms. The minimum Gasteiger partial charge on any atom is -0.455 e. The molecule has 0 saturated carbocycles. The van der Waals surface area contributed by atoms with Gasteiger partial charge in [0.1, 0.15) is 17.6 Å². The molecule has 13 heteroatoms. The van der Waals surface area contributed by atoms with E-state index in [1.54, 1.807) is 12.1 Å². The fourth-order valence-electron chi connectivity index (χ4n) is 3.65. The van der Waals surface area contributed by atoms with Crippen molar-refractivity contribution in [2.45, 2.75) is 23.8 Å². The average molecular weight is 537 g/mol. The third-order valence-electron chi connectivity index (χ3n) is 5.35. The van der Waals surface area contributed by atoms with Gasteiger partial charge in [-0.05, 0) is 55.3 Å². The van der Waals surface area contributed by atoms with E-state index in [1.807, 2.05) is 0 Å². The van der Waals surface area contributed by atoms with E-state index in [4.69, 9.17) is 27.6 Å². The highest BCUT2D eigenvalue weighted by Crippen LogP contribution is 2.32. The summed E-state index contributed by atoms with van der Waals surface area (Å²) in [6.45, 7) is 0.207. The van der Waals surface area contributed by atoms with E-state index in [0.29, 0.717) is 23.4 Å². The molecule has 1 aliphatic heterocycles. The SMILES string of the molecule is O=C(N/N=C\c1ccc(-c2cc([N+](=O)[O-])ccc2Cl)o1)[C@@H]1CCCN1S(=O)(=O)c1ccc(Cl)cc1. The maximum Gasteiger partial charge on any atom is 0.270 e. The Balaban J connectivity index is 1.44. The van der Waals surface area contributed by atoms with Gasteiger partial charge in [0, 0.05) is 29.3 Å². The lowest BCUT2D eigenvalue weighted by Crippen LogP contribution is -2.44. The standard InChI is InChI=1S/C22H18Cl2N4O6S/c23-14-3-7-17(8-4-14)35(32,33)27-11-1-2-20(27)22(29)26-25-13-16-6-10-21(34-16)18-12-15(28(30)31)5-9-19(18)24/h3-10,12-13,20H,1-2,11H2,(H,26,29)/b25-13-/t20-/m0/s1. The number of carbonyl (C=O) groups excluding carboxylic acids is 1. The first-order valence-corrected chi connectivity index (χ1v) is 12.5. The van der Waals surface area contributed by atoms with Crippen LogP contribution in [0.3, 0.4) is 0 Å². The number of halogens is 2. The summed E-state index contributed by atoms with van der Waals surface area (Å²) in [5, 5.41) is 15.6. The summed E-state index contributed by atoms with van der Waals surface area (Å²) in [4.78, 5) is 23.2. The second-order valence-electron chi connectivity index (χ2n) is 7.59. The van der Waals surface area contributed by atoms with Crippen molar-refractivity contribution >= 4 is 51.0 Å². The van der Waals surface area contributed by atoms with Crippen LogP contribution >= 0.6 is 23.2 Å². The maximum absolute atomic E-state index is 13.0. The van der Waals surface area contributed by atoms with Crippen LogP contribution in [0.2, 0.25) is 10.0 Å². The van der Waals surface area contributed by atoms with Crippen molar-refractivity contribution in [3.63, 3.8) is 0 Å². The van der Waals surface area contributed by atoms with Crippen molar-refractivity contribution in [2.24, 2.45) is 5.10 Å². The Kier molecular flexibility index (Phi) is 7.22. The molecule has 0 unspecified atom stereocenters. The normalized spacial score (nSPS) is 16.6. The molecule has 1 atom stereocenters. The van der Waals surface area contributed by atoms with Crippen LogP contribution in [0, 0.1) is 10.1 Å². The molecule has 4 rings (SSSR count). The van der Waals surface area contributed by atoms with Crippen molar-refractivity contribution < 1.29 is 22.6 Å². The Morgan fingerprint density at radius 2 is 1.91 bits per heavy atom. The zero-order chi connectivity index (χ0) is 25.2. The van der Waals surface area contributed by atoms with Crippen LogP contribution in [0.1, 0.15) is 18.6 Å². The topological polar surface area (TPSA) is 135 Å². The van der Waals surface area contributed by atoms with E-state index < -0.39 is 26.9 Å². The molecule has 182 valence electrons. The molecule has 0 bridgehead atoms. The first-order chi connectivity index (χ1) is 16.7. The zero-order valence-electron chi connectivity index (χ0n) is 17.9. The second-order valence-corrected chi connectivity index (χ2v) is 10.3. The number of carbonyl (C=O) groups is 1. The third-order valence-corrected chi connectivity index (χ3v) is 7.85. The zero-order valence-corrected chi connectivity index (χ0v) is 20.3. The third kappa shape index (κ3) is 5.38. The Labute approximate surface area is 210 Å². The molecule has 1 N–H and O–H groups in total. The number of furan rings is 1. The second kappa shape index (κ2) is 10.2. The number of hydrazone groups is 1. The minimum absolute atomic E-state index is 0.0491. The first-order valence-electron chi connectivity index (χ1n) is 10.3. The summed E-state index contributed by atoms with van der Waals surface area (Å²) in [6, 6.07) is 11.9. The van der Waals surface area contributed by atoms with Crippen LogP contribution in [0.15, 0.2) is 69.0 Å². The molecule has 0 aliphatic carbocycles. The number of benzene rings is 2. The first kappa shape index (κ1) is 24.9. The molecule has 2 heterocycles. The van der Waals surface area contributed by atoms with Crippen molar-refractivity contribution in [3.8, 4) is 11.3 Å². The summed E-state index contributed by atoms with van der Waals surface area (Å²) >= 11 is 12.0. The van der Waals surface area contributed by atoms with Crippen LogP contribution in [0.25, 0.3) is 11.3 Å². The van der Waals surface area contributed by atoms with Crippen molar-refractivity contribution in [3.05, 3.63) is 80.5 Å². The predicted octanol–water partition coefficient (Wildman–Crippen LogP) is 4.47. The van der Waals surface area contributed by atoms with E-state index in [2.05, 4.69) is 10.5 Å². The van der Waals surface area contributed by atoms with Crippen molar-refractivity contribution in [1.82, 2.24) is 9.73 Å². The lowest BCUT2D eigenvalue weighted by Gasteiger charge is -2.22. The summed E-state index contributed by atoms with van der Waals surface area (Å²) in [7, 11) is -3.88. The number of nitro groups is 1. The van der Waals surface area contributed by atoms with Gasteiger partial charge in [0.2, 0.25) is 10.0 Å². The molecule has 1 amide bonds. The molecule has 0 radical (unpaired) electrons. The van der Waals surface area contributed by atoms with Crippen LogP contribution in [0.4, 0.5) is 5.69 Å². The van der Waals surface area contributed by atoms with Crippen molar-refractivity contribution in [2.75, 3.05) is 6.54 Å². The Morgan fingerprint density at radius 1 is 1.17 bits per heavy atom. The predicted molar refractivity (Wildman–Crippen MR) is 130 cm³/mol. The van der Waals surface area contributed by atoms with Gasteiger partial charge in [-0.2, -0.15) is 9.41 Å². The van der Waals surface area contributed by atoms with Gasteiger partial charge in [-0.25, -0.2) is 13.8 Å². The monoisotopic (exact) mass is 536 g/mol. The number of amides is 1. The minimum atomic E-state index is -3.88. The smallest absolute Gasteiger partial charge is 0.270 e. The number of sulfonamides is 1. The van der Waals surface area contributed by atoms with E-state index in [9.17, 15) is 23.3 Å². The molecule has 1 fully saturated rings. The highest BCUT2D eigenvalue weighted by molar-refractivity contribution is 7.89.